The topological polar surface area (TPSA) is 86.3 Å². The first-order chi connectivity index (χ1) is 12.8. The average Bonchev–Trinajstić information content (AvgIpc) is 3.27. The lowest BCUT2D eigenvalue weighted by Gasteiger charge is -2.08. The Morgan fingerprint density at radius 1 is 0.923 bits per heavy atom. The maximum Gasteiger partial charge on any atom is 0.407 e. The summed E-state index contributed by atoms with van der Waals surface area (Å²) in [5.41, 5.74) is 0. The fraction of sp³-hybridized carbons (Fsp3) is 0.842. The van der Waals surface area contributed by atoms with Crippen molar-refractivity contribution in [2.75, 3.05) is 59.4 Å². The lowest BCUT2D eigenvalue weighted by atomic mass is 10.1. The zero-order chi connectivity index (χ0) is 18.5. The van der Waals surface area contributed by atoms with Gasteiger partial charge in [-0.1, -0.05) is 12.2 Å². The number of aliphatic hydroxyl groups excluding tert-OH is 1. The minimum absolute atomic E-state index is 0.0256. The first-order valence-electron chi connectivity index (χ1n) is 9.72. The largest absolute Gasteiger partial charge is 0.449 e. The highest BCUT2D eigenvalue weighted by molar-refractivity contribution is 5.67. The Hall–Kier alpha value is -1.15. The molecule has 1 amide bonds. The molecule has 0 saturated heterocycles. The molecule has 0 aliphatic heterocycles. The molecule has 1 fully saturated rings. The summed E-state index contributed by atoms with van der Waals surface area (Å²) in [6.45, 7) is 3.65. The van der Waals surface area contributed by atoms with Gasteiger partial charge in [0, 0.05) is 6.54 Å². The lowest BCUT2D eigenvalue weighted by molar-refractivity contribution is 0.00815. The Kier molecular flexibility index (Phi) is 10.6. The highest BCUT2D eigenvalue weighted by atomic mass is 16.6. The van der Waals surface area contributed by atoms with E-state index in [-0.39, 0.29) is 12.7 Å². The monoisotopic (exact) mass is 371 g/mol. The van der Waals surface area contributed by atoms with Crippen LogP contribution in [0.2, 0.25) is 0 Å². The number of alkyl carbamates (subject to hydrolysis) is 1. The predicted molar refractivity (Wildman–Crippen MR) is 97.0 cm³/mol. The third kappa shape index (κ3) is 8.49. The van der Waals surface area contributed by atoms with Gasteiger partial charge in [-0.05, 0) is 43.4 Å². The van der Waals surface area contributed by atoms with E-state index in [4.69, 9.17) is 24.1 Å². The second kappa shape index (κ2) is 13.1. The second-order valence-corrected chi connectivity index (χ2v) is 6.70. The van der Waals surface area contributed by atoms with Gasteiger partial charge in [0.25, 0.3) is 0 Å². The summed E-state index contributed by atoms with van der Waals surface area (Å²) in [4.78, 5) is 11.7. The van der Waals surface area contributed by atoms with Gasteiger partial charge in [0.2, 0.25) is 0 Å². The molecule has 0 heterocycles. The molecule has 2 aliphatic rings. The van der Waals surface area contributed by atoms with Crippen LogP contribution in [-0.4, -0.2) is 70.6 Å². The first-order valence-corrected chi connectivity index (χ1v) is 9.72. The SMILES string of the molecule is O=C(NCCOCCOCCOCCO)OCC1[C@H]2CC/C=C\CC[C@@H]12. The van der Waals surface area contributed by atoms with Gasteiger partial charge in [-0.25, -0.2) is 4.79 Å². The molecule has 3 atom stereocenters. The number of allylic oxidation sites excluding steroid dienone is 2. The molecule has 0 spiro atoms. The van der Waals surface area contributed by atoms with E-state index in [9.17, 15) is 4.79 Å². The summed E-state index contributed by atoms with van der Waals surface area (Å²) in [5.74, 6) is 2.03. The quantitative estimate of drug-likeness (QED) is 0.379. The number of carbonyl (C=O) groups excluding carboxylic acids is 1. The zero-order valence-corrected chi connectivity index (χ0v) is 15.6. The van der Waals surface area contributed by atoms with Crippen molar-refractivity contribution in [3.8, 4) is 0 Å². The molecular weight excluding hydrogens is 338 g/mol. The van der Waals surface area contributed by atoms with Crippen LogP contribution in [0.4, 0.5) is 4.79 Å². The summed E-state index contributed by atoms with van der Waals surface area (Å²) in [5, 5.41) is 11.2. The van der Waals surface area contributed by atoms with Crippen molar-refractivity contribution in [1.82, 2.24) is 5.32 Å². The first kappa shape index (κ1) is 21.2. The highest BCUT2D eigenvalue weighted by Crippen LogP contribution is 2.52. The van der Waals surface area contributed by atoms with Gasteiger partial charge in [0.1, 0.15) is 0 Å². The number of rotatable bonds is 13. The van der Waals surface area contributed by atoms with Crippen LogP contribution in [0.15, 0.2) is 12.2 Å². The summed E-state index contributed by atoms with van der Waals surface area (Å²) in [6.07, 6.45) is 8.94. The van der Waals surface area contributed by atoms with Gasteiger partial charge in [0.15, 0.2) is 0 Å². The fourth-order valence-corrected chi connectivity index (χ4v) is 3.50. The van der Waals surface area contributed by atoms with Gasteiger partial charge in [-0.3, -0.25) is 0 Å². The Balaban J connectivity index is 1.36. The number of hydrogen-bond donors (Lipinski definition) is 2. The van der Waals surface area contributed by atoms with Crippen LogP contribution in [0.1, 0.15) is 25.7 Å². The van der Waals surface area contributed by atoms with Gasteiger partial charge in [-0.15, -0.1) is 0 Å². The van der Waals surface area contributed by atoms with Crippen LogP contribution in [0.25, 0.3) is 0 Å². The van der Waals surface area contributed by atoms with E-state index in [2.05, 4.69) is 17.5 Å². The zero-order valence-electron chi connectivity index (χ0n) is 15.6. The van der Waals surface area contributed by atoms with E-state index < -0.39 is 0 Å². The van der Waals surface area contributed by atoms with Crippen molar-refractivity contribution in [2.24, 2.45) is 17.8 Å². The minimum atomic E-state index is -0.358. The van der Waals surface area contributed by atoms with Crippen LogP contribution in [0.5, 0.6) is 0 Å². The van der Waals surface area contributed by atoms with E-state index in [1.807, 2.05) is 0 Å². The normalized spacial score (nSPS) is 25.7. The minimum Gasteiger partial charge on any atom is -0.449 e. The third-order valence-corrected chi connectivity index (χ3v) is 4.91. The standard InChI is InChI=1S/C19H33NO6/c21-8-10-24-12-14-25-13-11-23-9-7-20-19(22)26-15-18-16-5-3-1-2-4-6-17(16)18/h1-2,16-18,21H,3-15H2,(H,20,22)/b2-1-/t16-,17+,18?. The van der Waals surface area contributed by atoms with Crippen LogP contribution >= 0.6 is 0 Å². The van der Waals surface area contributed by atoms with Crippen molar-refractivity contribution in [1.29, 1.82) is 0 Å². The summed E-state index contributed by atoms with van der Waals surface area (Å²) in [6, 6.07) is 0. The average molecular weight is 371 g/mol. The Morgan fingerprint density at radius 2 is 1.50 bits per heavy atom. The van der Waals surface area contributed by atoms with Crippen molar-refractivity contribution in [3.63, 3.8) is 0 Å². The van der Waals surface area contributed by atoms with Crippen LogP contribution < -0.4 is 5.32 Å². The Labute approximate surface area is 156 Å². The number of ether oxygens (including phenoxy) is 4. The number of fused-ring (bicyclic) bond motifs is 1. The van der Waals surface area contributed by atoms with E-state index in [0.29, 0.717) is 58.7 Å². The molecular formula is C19H33NO6. The Bertz CT molecular complexity index is 401. The summed E-state index contributed by atoms with van der Waals surface area (Å²) < 4.78 is 21.1. The molecule has 26 heavy (non-hydrogen) atoms. The molecule has 1 unspecified atom stereocenters. The molecule has 0 aromatic rings. The number of hydrogen-bond acceptors (Lipinski definition) is 6. The van der Waals surface area contributed by atoms with Crippen LogP contribution in [0, 0.1) is 17.8 Å². The van der Waals surface area contributed by atoms with Crippen molar-refractivity contribution >= 4 is 6.09 Å². The maximum absolute atomic E-state index is 11.7. The predicted octanol–water partition coefficient (Wildman–Crippen LogP) is 1.75. The van der Waals surface area contributed by atoms with Gasteiger partial charge >= 0.3 is 6.09 Å². The van der Waals surface area contributed by atoms with E-state index >= 15 is 0 Å². The van der Waals surface area contributed by atoms with E-state index in [1.54, 1.807) is 0 Å². The molecule has 0 aromatic carbocycles. The van der Waals surface area contributed by atoms with E-state index in [0.717, 1.165) is 24.7 Å². The molecule has 0 radical (unpaired) electrons. The molecule has 0 aromatic heterocycles. The van der Waals surface area contributed by atoms with Gasteiger partial charge < -0.3 is 29.4 Å². The summed E-state index contributed by atoms with van der Waals surface area (Å²) >= 11 is 0. The highest BCUT2D eigenvalue weighted by Gasteiger charge is 2.49. The van der Waals surface area contributed by atoms with Crippen LogP contribution in [0.3, 0.4) is 0 Å². The number of aliphatic hydroxyl groups is 1. The molecule has 7 heteroatoms. The number of carbonyl (C=O) groups is 1. The smallest absolute Gasteiger partial charge is 0.407 e. The van der Waals surface area contributed by atoms with E-state index in [1.165, 1.54) is 12.8 Å². The molecule has 0 bridgehead atoms. The molecule has 150 valence electrons. The van der Waals surface area contributed by atoms with Crippen molar-refractivity contribution in [2.45, 2.75) is 25.7 Å². The van der Waals surface area contributed by atoms with Gasteiger partial charge in [-0.2, -0.15) is 0 Å². The molecule has 1 saturated carbocycles. The molecule has 7 nitrogen and oxygen atoms in total. The second-order valence-electron chi connectivity index (χ2n) is 6.70. The van der Waals surface area contributed by atoms with Gasteiger partial charge in [0.05, 0.1) is 52.9 Å². The van der Waals surface area contributed by atoms with Crippen molar-refractivity contribution < 1.29 is 28.8 Å². The molecule has 2 aliphatic carbocycles. The maximum atomic E-state index is 11.7. The lowest BCUT2D eigenvalue weighted by Crippen LogP contribution is -2.29. The van der Waals surface area contributed by atoms with Crippen LogP contribution in [-0.2, 0) is 18.9 Å². The third-order valence-electron chi connectivity index (χ3n) is 4.91. The fourth-order valence-electron chi connectivity index (χ4n) is 3.50. The number of amides is 1. The summed E-state index contributed by atoms with van der Waals surface area (Å²) in [7, 11) is 0. The molecule has 2 rings (SSSR count). The Morgan fingerprint density at radius 3 is 2.12 bits per heavy atom. The molecule has 2 N–H and O–H groups in total. The van der Waals surface area contributed by atoms with Crippen molar-refractivity contribution in [3.05, 3.63) is 12.2 Å². The number of nitrogens with one attached hydrogen (secondary N) is 1.